The number of benzene rings is 1. The van der Waals surface area contributed by atoms with E-state index in [0.29, 0.717) is 16.5 Å². The summed E-state index contributed by atoms with van der Waals surface area (Å²) in [5.41, 5.74) is 0.452. The first-order chi connectivity index (χ1) is 9.75. The fraction of sp³-hybridized carbons (Fsp3) is 0.0833. The van der Waals surface area contributed by atoms with Gasteiger partial charge in [0, 0.05) is 11.6 Å². The van der Waals surface area contributed by atoms with Crippen LogP contribution in [0.15, 0.2) is 30.5 Å². The van der Waals surface area contributed by atoms with E-state index in [0.717, 1.165) is 10.8 Å². The Bertz CT molecular complexity index is 758. The number of carbonyl (C=O) groups excluding carboxylic acids is 1. The molecule has 100 valence electrons. The van der Waals surface area contributed by atoms with Gasteiger partial charge in [0.25, 0.3) is 5.91 Å². The van der Waals surface area contributed by atoms with Crippen molar-refractivity contribution in [2.75, 3.05) is 0 Å². The van der Waals surface area contributed by atoms with Crippen LogP contribution in [0.2, 0.25) is 5.15 Å². The SMILES string of the molecule is O=C(NCc1nn[nH]n1)c1cnc(Cl)c2ccccc12. The van der Waals surface area contributed by atoms with Gasteiger partial charge in [-0.15, -0.1) is 10.2 Å². The molecule has 0 radical (unpaired) electrons. The average molecular weight is 289 g/mol. The van der Waals surface area contributed by atoms with Crippen LogP contribution in [-0.4, -0.2) is 31.5 Å². The molecule has 3 rings (SSSR count). The number of aromatic amines is 1. The molecule has 0 aliphatic heterocycles. The van der Waals surface area contributed by atoms with Crippen molar-refractivity contribution >= 4 is 28.3 Å². The number of fused-ring (bicyclic) bond motifs is 1. The van der Waals surface area contributed by atoms with Gasteiger partial charge >= 0.3 is 0 Å². The van der Waals surface area contributed by atoms with Crippen LogP contribution < -0.4 is 5.32 Å². The fourth-order valence-corrected chi connectivity index (χ4v) is 2.06. The van der Waals surface area contributed by atoms with Gasteiger partial charge in [0.1, 0.15) is 5.15 Å². The standard InChI is InChI=1S/C12H9ClN6O/c13-11-8-4-2-1-3-7(8)9(5-14-11)12(20)15-6-10-16-18-19-17-10/h1-5H,6H2,(H,15,20)(H,16,17,18,19). The van der Waals surface area contributed by atoms with Crippen molar-refractivity contribution in [3.8, 4) is 0 Å². The molecule has 0 bridgehead atoms. The summed E-state index contributed by atoms with van der Waals surface area (Å²) in [5.74, 6) is 0.139. The number of amides is 1. The van der Waals surface area contributed by atoms with Gasteiger partial charge in [0.2, 0.25) is 0 Å². The van der Waals surface area contributed by atoms with E-state index in [2.05, 4.69) is 30.9 Å². The van der Waals surface area contributed by atoms with Crippen molar-refractivity contribution in [3.63, 3.8) is 0 Å². The molecule has 0 saturated carbocycles. The third kappa shape index (κ3) is 2.30. The van der Waals surface area contributed by atoms with Crippen LogP contribution in [0.4, 0.5) is 0 Å². The molecule has 7 nitrogen and oxygen atoms in total. The molecule has 0 spiro atoms. The lowest BCUT2D eigenvalue weighted by molar-refractivity contribution is 0.0951. The van der Waals surface area contributed by atoms with Crippen molar-refractivity contribution in [2.45, 2.75) is 6.54 Å². The normalized spacial score (nSPS) is 10.7. The molecular formula is C12H9ClN6O. The molecule has 1 amide bonds. The molecule has 20 heavy (non-hydrogen) atoms. The molecule has 2 N–H and O–H groups in total. The first kappa shape index (κ1) is 12.5. The van der Waals surface area contributed by atoms with Gasteiger partial charge in [-0.3, -0.25) is 4.79 Å². The van der Waals surface area contributed by atoms with Crippen LogP contribution >= 0.6 is 11.6 Å². The monoisotopic (exact) mass is 288 g/mol. The molecule has 0 unspecified atom stereocenters. The van der Waals surface area contributed by atoms with Gasteiger partial charge in [0.15, 0.2) is 5.82 Å². The van der Waals surface area contributed by atoms with Crippen molar-refractivity contribution in [3.05, 3.63) is 47.0 Å². The third-order valence-electron chi connectivity index (χ3n) is 2.79. The highest BCUT2D eigenvalue weighted by Gasteiger charge is 2.13. The fourth-order valence-electron chi connectivity index (χ4n) is 1.85. The van der Waals surface area contributed by atoms with E-state index in [4.69, 9.17) is 11.6 Å². The van der Waals surface area contributed by atoms with E-state index in [1.807, 2.05) is 24.3 Å². The van der Waals surface area contributed by atoms with Crippen molar-refractivity contribution in [1.82, 2.24) is 30.9 Å². The number of aromatic nitrogens is 5. The smallest absolute Gasteiger partial charge is 0.253 e. The summed E-state index contributed by atoms with van der Waals surface area (Å²) in [7, 11) is 0. The number of hydrogen-bond acceptors (Lipinski definition) is 5. The topological polar surface area (TPSA) is 96.5 Å². The minimum Gasteiger partial charge on any atom is -0.345 e. The molecule has 2 aromatic heterocycles. The Morgan fingerprint density at radius 1 is 1.30 bits per heavy atom. The summed E-state index contributed by atoms with van der Waals surface area (Å²) in [6.45, 7) is 0.187. The Hall–Kier alpha value is -2.54. The molecule has 0 fully saturated rings. The Morgan fingerprint density at radius 2 is 2.10 bits per heavy atom. The summed E-state index contributed by atoms with van der Waals surface area (Å²) in [5, 5.41) is 17.8. The van der Waals surface area contributed by atoms with Gasteiger partial charge in [-0.1, -0.05) is 41.1 Å². The van der Waals surface area contributed by atoms with Crippen LogP contribution in [0.25, 0.3) is 10.8 Å². The van der Waals surface area contributed by atoms with E-state index < -0.39 is 0 Å². The predicted octanol–water partition coefficient (Wildman–Crippen LogP) is 1.33. The molecule has 1 aromatic carbocycles. The van der Waals surface area contributed by atoms with Gasteiger partial charge in [0.05, 0.1) is 12.1 Å². The number of hydrogen-bond donors (Lipinski definition) is 2. The van der Waals surface area contributed by atoms with E-state index >= 15 is 0 Å². The first-order valence-electron chi connectivity index (χ1n) is 5.79. The Balaban J connectivity index is 1.90. The number of nitrogens with zero attached hydrogens (tertiary/aromatic N) is 4. The van der Waals surface area contributed by atoms with Crippen LogP contribution in [0.1, 0.15) is 16.2 Å². The van der Waals surface area contributed by atoms with E-state index in [1.54, 1.807) is 0 Å². The molecule has 3 aromatic rings. The van der Waals surface area contributed by atoms with Crippen LogP contribution in [-0.2, 0) is 6.54 Å². The minimum absolute atomic E-state index is 0.187. The summed E-state index contributed by atoms with van der Waals surface area (Å²) in [4.78, 5) is 16.2. The number of H-pyrrole nitrogens is 1. The highest BCUT2D eigenvalue weighted by atomic mass is 35.5. The summed E-state index contributed by atoms with van der Waals surface area (Å²) in [6.07, 6.45) is 1.45. The van der Waals surface area contributed by atoms with Crippen LogP contribution in [0, 0.1) is 0 Å². The van der Waals surface area contributed by atoms with Gasteiger partial charge in [-0.2, -0.15) is 5.21 Å². The van der Waals surface area contributed by atoms with Crippen molar-refractivity contribution in [2.24, 2.45) is 0 Å². The number of pyridine rings is 1. The largest absolute Gasteiger partial charge is 0.345 e. The lowest BCUT2D eigenvalue weighted by Crippen LogP contribution is -2.23. The van der Waals surface area contributed by atoms with Crippen molar-refractivity contribution in [1.29, 1.82) is 0 Å². The quantitative estimate of drug-likeness (QED) is 0.709. The second-order valence-corrected chi connectivity index (χ2v) is 4.38. The molecule has 0 aliphatic carbocycles. The third-order valence-corrected chi connectivity index (χ3v) is 3.09. The van der Waals surface area contributed by atoms with E-state index in [-0.39, 0.29) is 12.5 Å². The number of halogens is 1. The lowest BCUT2D eigenvalue weighted by Gasteiger charge is -2.07. The first-order valence-corrected chi connectivity index (χ1v) is 6.17. The zero-order valence-corrected chi connectivity index (χ0v) is 10.9. The molecule has 8 heteroatoms. The molecular weight excluding hydrogens is 280 g/mol. The number of rotatable bonds is 3. The maximum Gasteiger partial charge on any atom is 0.253 e. The van der Waals surface area contributed by atoms with Gasteiger partial charge < -0.3 is 5.32 Å². The molecule has 2 heterocycles. The highest BCUT2D eigenvalue weighted by Crippen LogP contribution is 2.24. The molecule has 0 aliphatic rings. The Labute approximate surface area is 118 Å². The Morgan fingerprint density at radius 3 is 2.85 bits per heavy atom. The minimum atomic E-state index is -0.268. The zero-order valence-electron chi connectivity index (χ0n) is 10.2. The van der Waals surface area contributed by atoms with Crippen molar-refractivity contribution < 1.29 is 4.79 Å². The van der Waals surface area contributed by atoms with Gasteiger partial charge in [-0.05, 0) is 5.39 Å². The lowest BCUT2D eigenvalue weighted by atomic mass is 10.1. The van der Waals surface area contributed by atoms with E-state index in [1.165, 1.54) is 6.20 Å². The highest BCUT2D eigenvalue weighted by molar-refractivity contribution is 6.34. The van der Waals surface area contributed by atoms with E-state index in [9.17, 15) is 4.79 Å². The second kappa shape index (κ2) is 5.22. The predicted molar refractivity (Wildman–Crippen MR) is 72.1 cm³/mol. The molecule has 0 saturated heterocycles. The number of tetrazole rings is 1. The number of nitrogens with one attached hydrogen (secondary N) is 2. The molecule has 0 atom stereocenters. The summed E-state index contributed by atoms with van der Waals surface area (Å²) >= 11 is 6.02. The van der Waals surface area contributed by atoms with Crippen LogP contribution in [0.3, 0.4) is 0 Å². The van der Waals surface area contributed by atoms with Gasteiger partial charge in [-0.25, -0.2) is 4.98 Å². The number of carbonyl (C=O) groups is 1. The van der Waals surface area contributed by atoms with Crippen LogP contribution in [0.5, 0.6) is 0 Å². The summed E-state index contributed by atoms with van der Waals surface area (Å²) in [6, 6.07) is 7.33. The average Bonchev–Trinajstić information content (AvgIpc) is 2.99. The summed E-state index contributed by atoms with van der Waals surface area (Å²) < 4.78 is 0. The zero-order chi connectivity index (χ0) is 13.9. The maximum absolute atomic E-state index is 12.2. The second-order valence-electron chi connectivity index (χ2n) is 4.02. The Kier molecular flexibility index (Phi) is 3.26. The maximum atomic E-state index is 12.2.